The fourth-order valence-corrected chi connectivity index (χ4v) is 2.22. The summed E-state index contributed by atoms with van der Waals surface area (Å²) in [6.07, 6.45) is 0. The van der Waals surface area contributed by atoms with Crippen molar-refractivity contribution in [2.75, 3.05) is 7.11 Å². The first-order chi connectivity index (χ1) is 10.7. The molecule has 0 amide bonds. The number of aromatic nitrogens is 3. The Kier molecular flexibility index (Phi) is 3.84. The van der Waals surface area contributed by atoms with Gasteiger partial charge in [-0.25, -0.2) is 9.07 Å². The van der Waals surface area contributed by atoms with Crippen LogP contribution < -0.4 is 4.74 Å². The standard InChI is InChI=1S/C16H14FN3O2/c1-22-14-8-6-13(7-9-14)20-16(15(10-21)18-19-20)11-2-4-12(17)5-3-11/h2-9,21H,10H2,1H3. The Morgan fingerprint density at radius 3 is 2.36 bits per heavy atom. The van der Waals surface area contributed by atoms with Gasteiger partial charge < -0.3 is 9.84 Å². The minimum atomic E-state index is -0.322. The third-order valence-electron chi connectivity index (χ3n) is 3.32. The number of aliphatic hydroxyl groups excluding tert-OH is 1. The molecule has 1 aromatic heterocycles. The molecule has 1 heterocycles. The summed E-state index contributed by atoms with van der Waals surface area (Å²) in [6, 6.07) is 13.3. The third kappa shape index (κ3) is 2.56. The molecule has 0 saturated carbocycles. The minimum absolute atomic E-state index is 0.247. The maximum atomic E-state index is 13.1. The maximum Gasteiger partial charge on any atom is 0.123 e. The largest absolute Gasteiger partial charge is 0.497 e. The van der Waals surface area contributed by atoms with Crippen LogP contribution in [-0.2, 0) is 6.61 Å². The number of methoxy groups -OCH3 is 1. The van der Waals surface area contributed by atoms with E-state index in [9.17, 15) is 9.50 Å². The predicted molar refractivity (Wildman–Crippen MR) is 79.2 cm³/mol. The Morgan fingerprint density at radius 1 is 1.09 bits per heavy atom. The van der Waals surface area contributed by atoms with Crippen molar-refractivity contribution in [2.24, 2.45) is 0 Å². The fourth-order valence-electron chi connectivity index (χ4n) is 2.22. The quantitative estimate of drug-likeness (QED) is 0.804. The molecular formula is C16H14FN3O2. The number of aliphatic hydroxyl groups is 1. The van der Waals surface area contributed by atoms with Crippen LogP contribution in [0.4, 0.5) is 4.39 Å². The van der Waals surface area contributed by atoms with Gasteiger partial charge in [-0.3, -0.25) is 0 Å². The lowest BCUT2D eigenvalue weighted by Crippen LogP contribution is -2.00. The summed E-state index contributed by atoms with van der Waals surface area (Å²) in [5.41, 5.74) is 2.56. The molecule has 0 aliphatic rings. The van der Waals surface area contributed by atoms with Crippen molar-refractivity contribution in [1.82, 2.24) is 15.0 Å². The molecule has 0 unspecified atom stereocenters. The summed E-state index contributed by atoms with van der Waals surface area (Å²) in [6.45, 7) is -0.247. The van der Waals surface area contributed by atoms with Gasteiger partial charge in [-0.1, -0.05) is 5.21 Å². The number of nitrogens with zero attached hydrogens (tertiary/aromatic N) is 3. The fraction of sp³-hybridized carbons (Fsp3) is 0.125. The molecule has 0 fully saturated rings. The molecular weight excluding hydrogens is 285 g/mol. The van der Waals surface area contributed by atoms with Gasteiger partial charge in [0.25, 0.3) is 0 Å². The second-order valence-corrected chi connectivity index (χ2v) is 4.66. The zero-order chi connectivity index (χ0) is 15.5. The molecule has 0 saturated heterocycles. The average Bonchev–Trinajstić information content (AvgIpc) is 2.99. The molecule has 0 atom stereocenters. The summed E-state index contributed by atoms with van der Waals surface area (Å²) in [5.74, 6) is 0.410. The van der Waals surface area contributed by atoms with E-state index in [1.54, 1.807) is 23.9 Å². The molecule has 6 heteroatoms. The monoisotopic (exact) mass is 299 g/mol. The number of halogens is 1. The Bertz CT molecular complexity index is 767. The van der Waals surface area contributed by atoms with Crippen molar-refractivity contribution in [1.29, 1.82) is 0 Å². The molecule has 3 rings (SSSR count). The van der Waals surface area contributed by atoms with E-state index in [4.69, 9.17) is 4.74 Å². The highest BCUT2D eigenvalue weighted by Crippen LogP contribution is 2.26. The number of hydrogen-bond donors (Lipinski definition) is 1. The lowest BCUT2D eigenvalue weighted by Gasteiger charge is -2.08. The van der Waals surface area contributed by atoms with Crippen LogP contribution in [0.25, 0.3) is 16.9 Å². The lowest BCUT2D eigenvalue weighted by atomic mass is 10.1. The smallest absolute Gasteiger partial charge is 0.123 e. The van der Waals surface area contributed by atoms with E-state index in [0.717, 1.165) is 17.0 Å². The van der Waals surface area contributed by atoms with Crippen LogP contribution >= 0.6 is 0 Å². The molecule has 0 aliphatic heterocycles. The Morgan fingerprint density at radius 2 is 1.77 bits per heavy atom. The Hall–Kier alpha value is -2.73. The lowest BCUT2D eigenvalue weighted by molar-refractivity contribution is 0.277. The zero-order valence-corrected chi connectivity index (χ0v) is 11.9. The van der Waals surface area contributed by atoms with Crippen LogP contribution in [0.3, 0.4) is 0 Å². The van der Waals surface area contributed by atoms with Crippen LogP contribution in [0, 0.1) is 5.82 Å². The molecule has 2 aromatic carbocycles. The normalized spacial score (nSPS) is 10.7. The van der Waals surface area contributed by atoms with E-state index in [2.05, 4.69) is 10.3 Å². The Labute approximate surface area is 126 Å². The number of benzene rings is 2. The molecule has 1 N–H and O–H groups in total. The molecule has 0 bridgehead atoms. The highest BCUT2D eigenvalue weighted by Gasteiger charge is 2.15. The predicted octanol–water partition coefficient (Wildman–Crippen LogP) is 2.57. The first kappa shape index (κ1) is 14.2. The van der Waals surface area contributed by atoms with E-state index in [-0.39, 0.29) is 12.4 Å². The maximum absolute atomic E-state index is 13.1. The zero-order valence-electron chi connectivity index (χ0n) is 11.9. The summed E-state index contributed by atoms with van der Waals surface area (Å²) in [7, 11) is 1.60. The van der Waals surface area contributed by atoms with Crippen molar-refractivity contribution in [3.8, 4) is 22.7 Å². The summed E-state index contributed by atoms with van der Waals surface area (Å²) < 4.78 is 19.9. The van der Waals surface area contributed by atoms with E-state index < -0.39 is 0 Å². The van der Waals surface area contributed by atoms with Crippen molar-refractivity contribution in [2.45, 2.75) is 6.61 Å². The second-order valence-electron chi connectivity index (χ2n) is 4.66. The molecule has 0 aliphatic carbocycles. The highest BCUT2D eigenvalue weighted by atomic mass is 19.1. The van der Waals surface area contributed by atoms with Crippen molar-refractivity contribution in [3.63, 3.8) is 0 Å². The van der Waals surface area contributed by atoms with Crippen molar-refractivity contribution < 1.29 is 14.2 Å². The van der Waals surface area contributed by atoms with Crippen LogP contribution in [0.1, 0.15) is 5.69 Å². The van der Waals surface area contributed by atoms with Gasteiger partial charge in [-0.05, 0) is 48.5 Å². The molecule has 112 valence electrons. The number of hydrogen-bond acceptors (Lipinski definition) is 4. The Balaban J connectivity index is 2.11. The van der Waals surface area contributed by atoms with Crippen molar-refractivity contribution in [3.05, 3.63) is 60.0 Å². The molecule has 5 nitrogen and oxygen atoms in total. The minimum Gasteiger partial charge on any atom is -0.497 e. The number of ether oxygens (including phenoxy) is 1. The first-order valence-electron chi connectivity index (χ1n) is 6.68. The molecule has 22 heavy (non-hydrogen) atoms. The summed E-state index contributed by atoms with van der Waals surface area (Å²) in [5, 5.41) is 17.5. The van der Waals surface area contributed by atoms with Gasteiger partial charge in [0.15, 0.2) is 0 Å². The topological polar surface area (TPSA) is 60.2 Å². The van der Waals surface area contributed by atoms with Gasteiger partial charge in [0.1, 0.15) is 23.0 Å². The third-order valence-corrected chi connectivity index (χ3v) is 3.32. The van der Waals surface area contributed by atoms with E-state index in [1.807, 2.05) is 24.3 Å². The van der Waals surface area contributed by atoms with E-state index in [0.29, 0.717) is 11.4 Å². The second kappa shape index (κ2) is 5.95. The number of rotatable bonds is 4. The highest BCUT2D eigenvalue weighted by molar-refractivity contribution is 5.64. The van der Waals surface area contributed by atoms with Gasteiger partial charge in [0, 0.05) is 5.56 Å². The first-order valence-corrected chi connectivity index (χ1v) is 6.68. The van der Waals surface area contributed by atoms with Gasteiger partial charge in [0.2, 0.25) is 0 Å². The van der Waals surface area contributed by atoms with E-state index in [1.165, 1.54) is 12.1 Å². The van der Waals surface area contributed by atoms with Gasteiger partial charge in [-0.15, -0.1) is 5.10 Å². The van der Waals surface area contributed by atoms with Gasteiger partial charge >= 0.3 is 0 Å². The van der Waals surface area contributed by atoms with Crippen LogP contribution in [0.15, 0.2) is 48.5 Å². The van der Waals surface area contributed by atoms with Crippen molar-refractivity contribution >= 4 is 0 Å². The summed E-state index contributed by atoms with van der Waals surface area (Å²) >= 11 is 0. The summed E-state index contributed by atoms with van der Waals surface area (Å²) in [4.78, 5) is 0. The average molecular weight is 299 g/mol. The van der Waals surface area contributed by atoms with Gasteiger partial charge in [-0.2, -0.15) is 0 Å². The molecule has 0 spiro atoms. The van der Waals surface area contributed by atoms with E-state index >= 15 is 0 Å². The molecule has 3 aromatic rings. The van der Waals surface area contributed by atoms with Crippen LogP contribution in [0.2, 0.25) is 0 Å². The van der Waals surface area contributed by atoms with Crippen LogP contribution in [-0.4, -0.2) is 27.2 Å². The molecule has 0 radical (unpaired) electrons. The van der Waals surface area contributed by atoms with Gasteiger partial charge in [0.05, 0.1) is 19.4 Å². The van der Waals surface area contributed by atoms with Crippen LogP contribution in [0.5, 0.6) is 5.75 Å². The SMILES string of the molecule is COc1ccc(-n2nnc(CO)c2-c2ccc(F)cc2)cc1.